The highest BCUT2D eigenvalue weighted by atomic mass is 15.1. The molecular formula is C16H19N3. The van der Waals surface area contributed by atoms with E-state index in [4.69, 9.17) is 10.7 Å². The van der Waals surface area contributed by atoms with Gasteiger partial charge < -0.3 is 10.3 Å². The summed E-state index contributed by atoms with van der Waals surface area (Å²) in [7, 11) is 2.03. The van der Waals surface area contributed by atoms with Crippen LogP contribution < -0.4 is 5.73 Å². The molecule has 0 radical (unpaired) electrons. The average molecular weight is 253 g/mol. The normalized spacial score (nSPS) is 18.8. The van der Waals surface area contributed by atoms with Crippen LogP contribution in [0, 0.1) is 0 Å². The Kier molecular flexibility index (Phi) is 2.25. The third-order valence-electron chi connectivity index (χ3n) is 4.33. The van der Waals surface area contributed by atoms with E-state index in [0.29, 0.717) is 5.92 Å². The van der Waals surface area contributed by atoms with Crippen molar-refractivity contribution in [3.05, 3.63) is 35.7 Å². The van der Waals surface area contributed by atoms with E-state index in [1.165, 1.54) is 36.8 Å². The quantitative estimate of drug-likeness (QED) is 0.910. The van der Waals surface area contributed by atoms with Crippen molar-refractivity contribution >= 4 is 5.82 Å². The number of nitrogen functional groups attached to an aromatic ring is 1. The Bertz CT molecular complexity index is 633. The summed E-state index contributed by atoms with van der Waals surface area (Å²) in [5.41, 5.74) is 9.82. The maximum atomic E-state index is 6.24. The molecule has 0 saturated heterocycles. The Morgan fingerprint density at radius 1 is 1.16 bits per heavy atom. The predicted molar refractivity (Wildman–Crippen MR) is 77.0 cm³/mol. The Hall–Kier alpha value is -1.77. The Morgan fingerprint density at radius 2 is 1.89 bits per heavy atom. The number of imidazole rings is 1. The van der Waals surface area contributed by atoms with Crippen molar-refractivity contribution in [1.29, 1.82) is 0 Å². The summed E-state index contributed by atoms with van der Waals surface area (Å²) in [5.74, 6) is 3.36. The molecule has 1 aromatic heterocycles. The Morgan fingerprint density at radius 3 is 2.58 bits per heavy atom. The summed E-state index contributed by atoms with van der Waals surface area (Å²) in [6.07, 6.45) is 5.17. The molecule has 3 nitrogen and oxygen atoms in total. The van der Waals surface area contributed by atoms with E-state index in [2.05, 4.69) is 28.8 Å². The second-order valence-electron chi connectivity index (χ2n) is 5.94. The van der Waals surface area contributed by atoms with E-state index >= 15 is 0 Å². The molecule has 0 atom stereocenters. The first-order valence-corrected chi connectivity index (χ1v) is 7.16. The van der Waals surface area contributed by atoms with E-state index in [1.54, 1.807) is 0 Å². The van der Waals surface area contributed by atoms with Gasteiger partial charge in [-0.3, -0.25) is 0 Å². The molecule has 2 aliphatic carbocycles. The smallest absolute Gasteiger partial charge is 0.131 e. The van der Waals surface area contributed by atoms with Gasteiger partial charge in [-0.2, -0.15) is 0 Å². The van der Waals surface area contributed by atoms with Gasteiger partial charge in [0.1, 0.15) is 17.3 Å². The molecule has 2 aliphatic rings. The third kappa shape index (κ3) is 1.84. The lowest BCUT2D eigenvalue weighted by Crippen LogP contribution is -2.00. The molecular weight excluding hydrogens is 234 g/mol. The van der Waals surface area contributed by atoms with Crippen LogP contribution in [0.1, 0.15) is 48.9 Å². The van der Waals surface area contributed by atoms with Gasteiger partial charge in [-0.15, -0.1) is 0 Å². The van der Waals surface area contributed by atoms with E-state index < -0.39 is 0 Å². The van der Waals surface area contributed by atoms with Gasteiger partial charge in [-0.05, 0) is 43.2 Å². The van der Waals surface area contributed by atoms with Gasteiger partial charge in [0.15, 0.2) is 0 Å². The highest BCUT2D eigenvalue weighted by molar-refractivity contribution is 5.72. The second kappa shape index (κ2) is 3.86. The minimum absolute atomic E-state index is 0.632. The zero-order chi connectivity index (χ0) is 13.0. The summed E-state index contributed by atoms with van der Waals surface area (Å²) >= 11 is 0. The van der Waals surface area contributed by atoms with Crippen LogP contribution in [0.15, 0.2) is 24.3 Å². The van der Waals surface area contributed by atoms with Crippen LogP contribution in [0.3, 0.4) is 0 Å². The largest absolute Gasteiger partial charge is 0.383 e. The maximum absolute atomic E-state index is 6.24. The summed E-state index contributed by atoms with van der Waals surface area (Å²) in [6.45, 7) is 0. The lowest BCUT2D eigenvalue weighted by atomic mass is 10.1. The molecule has 0 aliphatic heterocycles. The molecule has 4 rings (SSSR count). The zero-order valence-corrected chi connectivity index (χ0v) is 11.3. The van der Waals surface area contributed by atoms with Gasteiger partial charge in [0, 0.05) is 18.5 Å². The first-order valence-electron chi connectivity index (χ1n) is 7.16. The number of nitrogens with two attached hydrogens (primary N) is 1. The molecule has 1 heterocycles. The number of anilines is 1. The van der Waals surface area contributed by atoms with Gasteiger partial charge in [-0.25, -0.2) is 4.98 Å². The summed E-state index contributed by atoms with van der Waals surface area (Å²) < 4.78 is 2.07. The van der Waals surface area contributed by atoms with E-state index in [1.807, 2.05) is 7.05 Å². The fourth-order valence-corrected chi connectivity index (χ4v) is 2.80. The predicted octanol–water partition coefficient (Wildman–Crippen LogP) is 3.42. The summed E-state index contributed by atoms with van der Waals surface area (Å²) in [6, 6.07) is 8.75. The number of hydrogen-bond acceptors (Lipinski definition) is 2. The molecule has 2 N–H and O–H groups in total. The zero-order valence-electron chi connectivity index (χ0n) is 11.3. The molecule has 0 amide bonds. The number of rotatable bonds is 3. The van der Waals surface area contributed by atoms with Gasteiger partial charge in [0.05, 0.1) is 0 Å². The molecule has 3 heteroatoms. The first-order chi connectivity index (χ1) is 9.24. The van der Waals surface area contributed by atoms with Crippen molar-refractivity contribution in [1.82, 2.24) is 9.55 Å². The molecule has 0 spiro atoms. The molecule has 2 aromatic rings. The first kappa shape index (κ1) is 11.1. The number of benzene rings is 1. The van der Waals surface area contributed by atoms with Crippen LogP contribution in [-0.4, -0.2) is 9.55 Å². The van der Waals surface area contributed by atoms with E-state index in [0.717, 1.165) is 23.3 Å². The minimum Gasteiger partial charge on any atom is -0.383 e. The SMILES string of the molecule is Cn1c(C2CC2)nc(-c2cccc(C3CC3)c2)c1N. The van der Waals surface area contributed by atoms with Crippen molar-refractivity contribution in [2.45, 2.75) is 37.5 Å². The lowest BCUT2D eigenvalue weighted by molar-refractivity contribution is 0.807. The van der Waals surface area contributed by atoms with Gasteiger partial charge in [0.2, 0.25) is 0 Å². The molecule has 2 fully saturated rings. The van der Waals surface area contributed by atoms with E-state index in [9.17, 15) is 0 Å². The van der Waals surface area contributed by atoms with Crippen LogP contribution in [-0.2, 0) is 7.05 Å². The third-order valence-corrected chi connectivity index (χ3v) is 4.33. The molecule has 0 bridgehead atoms. The van der Waals surface area contributed by atoms with Crippen LogP contribution in [0.4, 0.5) is 5.82 Å². The summed E-state index contributed by atoms with van der Waals surface area (Å²) in [5, 5.41) is 0. The highest BCUT2D eigenvalue weighted by Gasteiger charge is 2.30. The second-order valence-corrected chi connectivity index (χ2v) is 5.94. The van der Waals surface area contributed by atoms with E-state index in [-0.39, 0.29) is 0 Å². The highest BCUT2D eigenvalue weighted by Crippen LogP contribution is 2.43. The fraction of sp³-hybridized carbons (Fsp3) is 0.438. The number of hydrogen-bond donors (Lipinski definition) is 1. The molecule has 2 saturated carbocycles. The van der Waals surface area contributed by atoms with Gasteiger partial charge >= 0.3 is 0 Å². The lowest BCUT2D eigenvalue weighted by Gasteiger charge is -2.03. The standard InChI is InChI=1S/C16H19N3/c1-19-15(17)14(18-16(19)11-7-8-11)13-4-2-3-12(9-13)10-5-6-10/h2-4,9-11H,5-8,17H2,1H3. The van der Waals surface area contributed by atoms with Crippen LogP contribution in [0.5, 0.6) is 0 Å². The molecule has 98 valence electrons. The van der Waals surface area contributed by atoms with Crippen molar-refractivity contribution in [2.24, 2.45) is 7.05 Å². The van der Waals surface area contributed by atoms with Crippen LogP contribution >= 0.6 is 0 Å². The average Bonchev–Trinajstić information content (AvgIpc) is 3.31. The summed E-state index contributed by atoms with van der Waals surface area (Å²) in [4.78, 5) is 4.80. The minimum atomic E-state index is 0.632. The Labute approximate surface area is 113 Å². The Balaban J connectivity index is 1.78. The fourth-order valence-electron chi connectivity index (χ4n) is 2.80. The maximum Gasteiger partial charge on any atom is 0.131 e. The van der Waals surface area contributed by atoms with Crippen molar-refractivity contribution in [3.8, 4) is 11.3 Å². The molecule has 1 aromatic carbocycles. The van der Waals surface area contributed by atoms with Crippen molar-refractivity contribution in [2.75, 3.05) is 5.73 Å². The molecule has 0 unspecified atom stereocenters. The molecule has 19 heavy (non-hydrogen) atoms. The van der Waals surface area contributed by atoms with Gasteiger partial charge in [0.25, 0.3) is 0 Å². The van der Waals surface area contributed by atoms with Crippen molar-refractivity contribution in [3.63, 3.8) is 0 Å². The van der Waals surface area contributed by atoms with Crippen molar-refractivity contribution < 1.29 is 0 Å². The van der Waals surface area contributed by atoms with Crippen LogP contribution in [0.2, 0.25) is 0 Å². The van der Waals surface area contributed by atoms with Gasteiger partial charge in [-0.1, -0.05) is 18.2 Å². The monoisotopic (exact) mass is 253 g/mol. The topological polar surface area (TPSA) is 43.8 Å². The van der Waals surface area contributed by atoms with Crippen LogP contribution in [0.25, 0.3) is 11.3 Å². The number of aromatic nitrogens is 2. The number of nitrogens with zero attached hydrogens (tertiary/aromatic N) is 2.